The highest BCUT2D eigenvalue weighted by molar-refractivity contribution is 6.30. The van der Waals surface area contributed by atoms with Crippen LogP contribution >= 0.6 is 11.6 Å². The van der Waals surface area contributed by atoms with Crippen molar-refractivity contribution in [1.29, 1.82) is 0 Å². The molecule has 0 aliphatic carbocycles. The summed E-state index contributed by atoms with van der Waals surface area (Å²) in [5.41, 5.74) is 2.98. The van der Waals surface area contributed by atoms with E-state index in [-0.39, 0.29) is 5.91 Å². The molecule has 154 valence electrons. The zero-order chi connectivity index (χ0) is 21.2. The average molecular weight is 423 g/mol. The van der Waals surface area contributed by atoms with E-state index < -0.39 is 0 Å². The van der Waals surface area contributed by atoms with Gasteiger partial charge in [-0.1, -0.05) is 29.8 Å². The van der Waals surface area contributed by atoms with Gasteiger partial charge in [-0.05, 0) is 65.6 Å². The fourth-order valence-corrected chi connectivity index (χ4v) is 2.89. The van der Waals surface area contributed by atoms with Crippen LogP contribution < -0.4 is 14.8 Å². The fraction of sp³-hybridized carbons (Fsp3) is 0.167. The minimum Gasteiger partial charge on any atom is -0.493 e. The summed E-state index contributed by atoms with van der Waals surface area (Å²) in [4.78, 5) is 16.0. The number of methoxy groups -OCH3 is 1. The highest BCUT2D eigenvalue weighted by Gasteiger charge is 2.06. The molecule has 30 heavy (non-hydrogen) atoms. The topological polar surface area (TPSA) is 60.5 Å². The molecule has 1 N–H and O–H groups in total. The standard InChI is InChI=1S/C24H23ClN2O3/c1-29-23-16-19(4-8-22(23)30-17-20-2-6-21(25)7-3-20)5-9-24(28)27-15-12-18-10-13-26-14-11-18/h2-11,13-14,16H,12,15,17H2,1H3,(H,27,28)/b9-5+. The largest absolute Gasteiger partial charge is 0.493 e. The predicted octanol–water partition coefficient (Wildman–Crippen LogP) is 4.69. The number of carbonyl (C=O) groups is 1. The van der Waals surface area contributed by atoms with Gasteiger partial charge in [0.2, 0.25) is 5.91 Å². The van der Waals surface area contributed by atoms with E-state index in [9.17, 15) is 4.79 Å². The molecule has 0 saturated heterocycles. The van der Waals surface area contributed by atoms with Gasteiger partial charge >= 0.3 is 0 Å². The van der Waals surface area contributed by atoms with Crippen LogP contribution in [0.4, 0.5) is 0 Å². The SMILES string of the molecule is COc1cc(/C=C/C(=O)NCCc2ccncc2)ccc1OCc1ccc(Cl)cc1. The monoisotopic (exact) mass is 422 g/mol. The van der Waals surface area contributed by atoms with E-state index in [1.165, 1.54) is 6.08 Å². The van der Waals surface area contributed by atoms with Gasteiger partial charge in [0.05, 0.1) is 7.11 Å². The summed E-state index contributed by atoms with van der Waals surface area (Å²) in [7, 11) is 1.59. The van der Waals surface area contributed by atoms with Gasteiger partial charge in [-0.25, -0.2) is 0 Å². The zero-order valence-corrected chi connectivity index (χ0v) is 17.4. The molecule has 2 aromatic carbocycles. The van der Waals surface area contributed by atoms with Crippen LogP contribution in [0.15, 0.2) is 73.1 Å². The lowest BCUT2D eigenvalue weighted by Crippen LogP contribution is -2.23. The van der Waals surface area contributed by atoms with E-state index >= 15 is 0 Å². The third kappa shape index (κ3) is 6.64. The Morgan fingerprint density at radius 2 is 1.80 bits per heavy atom. The fourth-order valence-electron chi connectivity index (χ4n) is 2.76. The summed E-state index contributed by atoms with van der Waals surface area (Å²) in [6.45, 7) is 0.969. The number of halogens is 1. The Hall–Kier alpha value is -3.31. The summed E-state index contributed by atoms with van der Waals surface area (Å²) < 4.78 is 11.3. The normalized spacial score (nSPS) is 10.7. The van der Waals surface area contributed by atoms with E-state index in [0.717, 1.165) is 23.1 Å². The zero-order valence-electron chi connectivity index (χ0n) is 16.7. The molecule has 0 atom stereocenters. The molecule has 0 radical (unpaired) electrons. The van der Waals surface area contributed by atoms with Crippen LogP contribution in [0.2, 0.25) is 5.02 Å². The van der Waals surface area contributed by atoms with Crippen molar-refractivity contribution in [2.75, 3.05) is 13.7 Å². The Labute approximate surface area is 181 Å². The van der Waals surface area contributed by atoms with Crippen LogP contribution in [0.5, 0.6) is 11.5 Å². The number of hydrogen-bond acceptors (Lipinski definition) is 4. The second kappa shape index (κ2) is 11.0. The summed E-state index contributed by atoms with van der Waals surface area (Å²) in [5.74, 6) is 1.08. The van der Waals surface area contributed by atoms with Crippen molar-refractivity contribution in [3.63, 3.8) is 0 Å². The predicted molar refractivity (Wildman–Crippen MR) is 119 cm³/mol. The van der Waals surface area contributed by atoms with Crippen molar-refractivity contribution in [3.05, 3.63) is 94.8 Å². The smallest absolute Gasteiger partial charge is 0.244 e. The molecule has 0 aliphatic rings. The maximum atomic E-state index is 12.0. The molecule has 0 bridgehead atoms. The van der Waals surface area contributed by atoms with E-state index in [1.807, 2.05) is 54.6 Å². The lowest BCUT2D eigenvalue weighted by atomic mass is 10.1. The van der Waals surface area contributed by atoms with Crippen LogP contribution in [0.3, 0.4) is 0 Å². The molecule has 0 fully saturated rings. The first-order valence-electron chi connectivity index (χ1n) is 9.54. The van der Waals surface area contributed by atoms with Gasteiger partial charge in [-0.15, -0.1) is 0 Å². The Morgan fingerprint density at radius 1 is 1.03 bits per heavy atom. The molecule has 0 unspecified atom stereocenters. The first-order valence-corrected chi connectivity index (χ1v) is 9.92. The minimum atomic E-state index is -0.147. The number of benzene rings is 2. The molecule has 0 aliphatic heterocycles. The molecule has 1 aromatic heterocycles. The first kappa shape index (κ1) is 21.4. The Morgan fingerprint density at radius 3 is 2.53 bits per heavy atom. The molecular formula is C24H23ClN2O3. The molecule has 1 heterocycles. The van der Waals surface area contributed by atoms with Crippen LogP contribution in [0, 0.1) is 0 Å². The lowest BCUT2D eigenvalue weighted by molar-refractivity contribution is -0.116. The summed E-state index contributed by atoms with van der Waals surface area (Å²) in [6, 6.07) is 16.9. The Kier molecular flexibility index (Phi) is 7.86. The minimum absolute atomic E-state index is 0.147. The van der Waals surface area contributed by atoms with Crippen molar-refractivity contribution < 1.29 is 14.3 Å². The molecule has 3 aromatic rings. The number of amides is 1. The maximum Gasteiger partial charge on any atom is 0.244 e. The van der Waals surface area contributed by atoms with E-state index in [1.54, 1.807) is 25.6 Å². The average Bonchev–Trinajstić information content (AvgIpc) is 2.78. The van der Waals surface area contributed by atoms with Gasteiger partial charge < -0.3 is 14.8 Å². The number of hydrogen-bond donors (Lipinski definition) is 1. The first-order chi connectivity index (χ1) is 14.6. The quantitative estimate of drug-likeness (QED) is 0.508. The molecule has 1 amide bonds. The Bertz CT molecular complexity index is 989. The molecular weight excluding hydrogens is 400 g/mol. The van der Waals surface area contributed by atoms with Gasteiger partial charge in [-0.2, -0.15) is 0 Å². The third-order valence-corrected chi connectivity index (χ3v) is 4.64. The van der Waals surface area contributed by atoms with Gasteiger partial charge in [-0.3, -0.25) is 9.78 Å². The molecule has 3 rings (SSSR count). The number of carbonyl (C=O) groups excluding carboxylic acids is 1. The second-order valence-electron chi connectivity index (χ2n) is 6.56. The van der Waals surface area contributed by atoms with Crippen molar-refractivity contribution in [3.8, 4) is 11.5 Å². The molecule has 5 nitrogen and oxygen atoms in total. The van der Waals surface area contributed by atoms with Gasteiger partial charge in [0, 0.05) is 30.0 Å². The maximum absolute atomic E-state index is 12.0. The second-order valence-corrected chi connectivity index (χ2v) is 6.99. The molecule has 0 saturated carbocycles. The molecule has 6 heteroatoms. The third-order valence-electron chi connectivity index (χ3n) is 4.38. The lowest BCUT2D eigenvalue weighted by Gasteiger charge is -2.11. The van der Waals surface area contributed by atoms with Crippen LogP contribution in [-0.2, 0) is 17.8 Å². The number of aromatic nitrogens is 1. The van der Waals surface area contributed by atoms with E-state index in [4.69, 9.17) is 21.1 Å². The highest BCUT2D eigenvalue weighted by Crippen LogP contribution is 2.29. The van der Waals surface area contributed by atoms with Crippen LogP contribution in [-0.4, -0.2) is 24.5 Å². The van der Waals surface area contributed by atoms with Gasteiger partial charge in [0.15, 0.2) is 11.5 Å². The van der Waals surface area contributed by atoms with Crippen molar-refractivity contribution in [2.45, 2.75) is 13.0 Å². The number of pyridine rings is 1. The number of rotatable bonds is 9. The number of nitrogens with one attached hydrogen (secondary N) is 1. The van der Waals surface area contributed by atoms with Crippen molar-refractivity contribution in [1.82, 2.24) is 10.3 Å². The summed E-state index contributed by atoms with van der Waals surface area (Å²) >= 11 is 5.90. The highest BCUT2D eigenvalue weighted by atomic mass is 35.5. The molecule has 0 spiro atoms. The van der Waals surface area contributed by atoms with E-state index in [2.05, 4.69) is 10.3 Å². The Balaban J connectivity index is 1.53. The summed E-state index contributed by atoms with van der Waals surface area (Å²) in [5, 5.41) is 3.56. The number of ether oxygens (including phenoxy) is 2. The van der Waals surface area contributed by atoms with Crippen molar-refractivity contribution >= 4 is 23.6 Å². The van der Waals surface area contributed by atoms with E-state index in [0.29, 0.717) is 29.7 Å². The summed E-state index contributed by atoms with van der Waals surface area (Å²) in [6.07, 6.45) is 7.50. The van der Waals surface area contributed by atoms with Gasteiger partial charge in [0.25, 0.3) is 0 Å². The van der Waals surface area contributed by atoms with Crippen LogP contribution in [0.25, 0.3) is 6.08 Å². The number of nitrogens with zero attached hydrogens (tertiary/aromatic N) is 1. The van der Waals surface area contributed by atoms with Crippen molar-refractivity contribution in [2.24, 2.45) is 0 Å². The van der Waals surface area contributed by atoms with Gasteiger partial charge in [0.1, 0.15) is 6.61 Å². The van der Waals surface area contributed by atoms with Crippen LogP contribution in [0.1, 0.15) is 16.7 Å².